The molecule has 1 N–H and O–H groups in total. The monoisotopic (exact) mass is 407 g/mol. The second-order valence-electron chi connectivity index (χ2n) is 5.97. The molecule has 0 saturated carbocycles. The molecule has 0 aliphatic carbocycles. The molecule has 134 valence electrons. The van der Waals surface area contributed by atoms with E-state index in [1.807, 2.05) is 31.2 Å². The van der Waals surface area contributed by atoms with Crippen molar-refractivity contribution in [2.45, 2.75) is 24.6 Å². The third kappa shape index (κ3) is 3.47. The van der Waals surface area contributed by atoms with Gasteiger partial charge in [0.1, 0.15) is 5.03 Å². The van der Waals surface area contributed by atoms with E-state index in [1.54, 1.807) is 6.07 Å². The maximum Gasteiger partial charge on any atom is 0.202 e. The smallest absolute Gasteiger partial charge is 0.202 e. The first-order valence-electron chi connectivity index (χ1n) is 7.78. The van der Waals surface area contributed by atoms with Gasteiger partial charge in [0.15, 0.2) is 5.78 Å². The lowest BCUT2D eigenvalue weighted by molar-refractivity contribution is 0.101. The molecule has 0 aliphatic heterocycles. The summed E-state index contributed by atoms with van der Waals surface area (Å²) in [7, 11) is -1.63. The summed E-state index contributed by atoms with van der Waals surface area (Å²) >= 11 is 12.3. The van der Waals surface area contributed by atoms with E-state index in [9.17, 15) is 13.8 Å². The molecule has 4 nitrogen and oxygen atoms in total. The Morgan fingerprint density at radius 1 is 1.08 bits per heavy atom. The highest BCUT2D eigenvalue weighted by atomic mass is 35.5. The highest BCUT2D eigenvalue weighted by molar-refractivity contribution is 7.84. The standard InChI is InChI=1S/C19H15Cl2NO3S/c1-10-3-5-12(6-4-10)9-26(25)19-15(11(2)23)18(24)16-13(20)7-8-14(21)17(16)22-19/h3-8H,9H2,1-2H3,(H,22,24). The normalized spacial score (nSPS) is 12.3. The number of fused-ring (bicyclic) bond motifs is 1. The van der Waals surface area contributed by atoms with Gasteiger partial charge in [0, 0.05) is 0 Å². The third-order valence-corrected chi connectivity index (χ3v) is 6.01. The number of hydrogen-bond acceptors (Lipinski definition) is 3. The summed E-state index contributed by atoms with van der Waals surface area (Å²) in [6, 6.07) is 10.6. The molecule has 0 fully saturated rings. The van der Waals surface area contributed by atoms with Crippen LogP contribution in [0.5, 0.6) is 0 Å². The number of carbonyl (C=O) groups is 1. The van der Waals surface area contributed by atoms with E-state index in [4.69, 9.17) is 23.2 Å². The van der Waals surface area contributed by atoms with Crippen LogP contribution in [0.15, 0.2) is 46.2 Å². The third-order valence-electron chi connectivity index (χ3n) is 4.02. The summed E-state index contributed by atoms with van der Waals surface area (Å²) in [5.74, 6) is -0.309. The highest BCUT2D eigenvalue weighted by Gasteiger charge is 2.22. The van der Waals surface area contributed by atoms with E-state index in [0.717, 1.165) is 11.1 Å². The van der Waals surface area contributed by atoms with Gasteiger partial charge in [-0.05, 0) is 31.5 Å². The highest BCUT2D eigenvalue weighted by Crippen LogP contribution is 2.28. The number of H-pyrrole nitrogens is 1. The van der Waals surface area contributed by atoms with Crippen molar-refractivity contribution in [1.82, 2.24) is 4.98 Å². The van der Waals surface area contributed by atoms with Crippen LogP contribution < -0.4 is 5.43 Å². The van der Waals surface area contributed by atoms with Crippen LogP contribution in [0.3, 0.4) is 0 Å². The molecule has 3 rings (SSSR count). The van der Waals surface area contributed by atoms with E-state index in [1.165, 1.54) is 13.0 Å². The fraction of sp³-hybridized carbons (Fsp3) is 0.158. The Kier molecular flexibility index (Phi) is 5.32. The van der Waals surface area contributed by atoms with Crippen molar-refractivity contribution in [3.8, 4) is 0 Å². The van der Waals surface area contributed by atoms with Crippen molar-refractivity contribution in [2.75, 3.05) is 0 Å². The van der Waals surface area contributed by atoms with Gasteiger partial charge in [0.2, 0.25) is 5.43 Å². The van der Waals surface area contributed by atoms with Gasteiger partial charge in [-0.1, -0.05) is 53.0 Å². The Hall–Kier alpha value is -1.95. The first kappa shape index (κ1) is 18.8. The van der Waals surface area contributed by atoms with E-state index in [-0.39, 0.29) is 37.3 Å². The summed E-state index contributed by atoms with van der Waals surface area (Å²) < 4.78 is 12.9. The van der Waals surface area contributed by atoms with Crippen molar-refractivity contribution in [1.29, 1.82) is 0 Å². The molecule has 0 saturated heterocycles. The van der Waals surface area contributed by atoms with Gasteiger partial charge in [0.05, 0.1) is 43.1 Å². The quantitative estimate of drug-likeness (QED) is 0.639. The molecule has 0 spiro atoms. The Morgan fingerprint density at radius 3 is 2.31 bits per heavy atom. The Morgan fingerprint density at radius 2 is 1.69 bits per heavy atom. The molecule has 1 atom stereocenters. The number of pyridine rings is 1. The Labute approximate surface area is 162 Å². The number of hydrogen-bond donors (Lipinski definition) is 1. The zero-order chi connectivity index (χ0) is 19.0. The van der Waals surface area contributed by atoms with Crippen molar-refractivity contribution in [3.63, 3.8) is 0 Å². The maximum atomic E-state index is 12.9. The summed E-state index contributed by atoms with van der Waals surface area (Å²) in [6.07, 6.45) is 0. The number of rotatable bonds is 4. The molecular formula is C19H15Cl2NO3S. The number of nitrogens with one attached hydrogen (secondary N) is 1. The lowest BCUT2D eigenvalue weighted by atomic mass is 10.1. The van der Waals surface area contributed by atoms with E-state index in [2.05, 4.69) is 4.98 Å². The molecule has 0 aliphatic rings. The second-order valence-corrected chi connectivity index (χ2v) is 8.17. The molecular weight excluding hydrogens is 393 g/mol. The maximum absolute atomic E-state index is 12.9. The molecule has 1 unspecified atom stereocenters. The predicted octanol–water partition coefficient (Wildman–Crippen LogP) is 4.65. The van der Waals surface area contributed by atoms with Crippen LogP contribution in [0.4, 0.5) is 0 Å². The largest absolute Gasteiger partial charge is 0.346 e. The molecule has 26 heavy (non-hydrogen) atoms. The van der Waals surface area contributed by atoms with Crippen molar-refractivity contribution >= 4 is 50.7 Å². The van der Waals surface area contributed by atoms with Gasteiger partial charge < -0.3 is 4.98 Å². The number of benzene rings is 2. The van der Waals surface area contributed by atoms with E-state index >= 15 is 0 Å². The van der Waals surface area contributed by atoms with Crippen molar-refractivity contribution in [3.05, 3.63) is 73.4 Å². The number of carbonyl (C=O) groups excluding carboxylic acids is 1. The molecule has 1 heterocycles. The van der Waals surface area contributed by atoms with Gasteiger partial charge in [-0.2, -0.15) is 0 Å². The van der Waals surface area contributed by atoms with Crippen molar-refractivity contribution in [2.24, 2.45) is 0 Å². The summed E-state index contributed by atoms with van der Waals surface area (Å²) in [5, 5.41) is 0.648. The zero-order valence-corrected chi connectivity index (χ0v) is 16.4. The van der Waals surface area contributed by atoms with Crippen LogP contribution in [0, 0.1) is 6.92 Å². The van der Waals surface area contributed by atoms with Gasteiger partial charge in [-0.15, -0.1) is 0 Å². The number of aryl methyl sites for hydroxylation is 1. The minimum Gasteiger partial charge on any atom is -0.346 e. The Bertz CT molecular complexity index is 1100. The van der Waals surface area contributed by atoms with Gasteiger partial charge in [0.25, 0.3) is 0 Å². The number of ketones is 1. The topological polar surface area (TPSA) is 67.0 Å². The number of halogens is 2. The van der Waals surface area contributed by atoms with Gasteiger partial charge in [-0.25, -0.2) is 0 Å². The molecule has 0 bridgehead atoms. The predicted molar refractivity (Wildman–Crippen MR) is 106 cm³/mol. The van der Waals surface area contributed by atoms with E-state index < -0.39 is 22.0 Å². The minimum absolute atomic E-state index is 0.0692. The SMILES string of the molecule is CC(=O)c1c(S(=O)Cc2ccc(C)cc2)[nH]c2c(Cl)ccc(Cl)c2c1=O. The molecule has 7 heteroatoms. The minimum atomic E-state index is -1.63. The molecule has 2 aromatic carbocycles. The van der Waals surface area contributed by atoms with Crippen LogP contribution in [0.2, 0.25) is 10.0 Å². The van der Waals surface area contributed by atoms with Gasteiger partial charge in [-0.3, -0.25) is 13.8 Å². The zero-order valence-electron chi connectivity index (χ0n) is 14.1. The summed E-state index contributed by atoms with van der Waals surface area (Å²) in [4.78, 5) is 27.9. The molecule has 0 radical (unpaired) electrons. The van der Waals surface area contributed by atoms with Crippen LogP contribution >= 0.6 is 23.2 Å². The number of aromatic amines is 1. The van der Waals surface area contributed by atoms with Crippen LogP contribution in [-0.2, 0) is 16.6 Å². The Balaban J connectivity index is 2.21. The lowest BCUT2D eigenvalue weighted by Crippen LogP contribution is -2.20. The van der Waals surface area contributed by atoms with Crippen LogP contribution in [0.25, 0.3) is 10.9 Å². The molecule has 1 aromatic heterocycles. The van der Waals surface area contributed by atoms with Gasteiger partial charge >= 0.3 is 0 Å². The fourth-order valence-corrected chi connectivity index (χ4v) is 4.47. The number of Topliss-reactive ketones (excluding diaryl/α,β-unsaturated/α-hetero) is 1. The van der Waals surface area contributed by atoms with Crippen LogP contribution in [0.1, 0.15) is 28.4 Å². The summed E-state index contributed by atoms with van der Waals surface area (Å²) in [5.41, 5.74) is 1.49. The van der Waals surface area contributed by atoms with Crippen LogP contribution in [-0.4, -0.2) is 15.0 Å². The average Bonchev–Trinajstić information content (AvgIpc) is 2.59. The number of aromatic nitrogens is 1. The average molecular weight is 408 g/mol. The molecule has 3 aromatic rings. The molecule has 0 amide bonds. The summed E-state index contributed by atoms with van der Waals surface area (Å²) in [6.45, 7) is 3.22. The second kappa shape index (κ2) is 7.35. The first-order valence-corrected chi connectivity index (χ1v) is 9.86. The first-order chi connectivity index (χ1) is 12.3. The van der Waals surface area contributed by atoms with Crippen molar-refractivity contribution < 1.29 is 9.00 Å². The van der Waals surface area contributed by atoms with E-state index in [0.29, 0.717) is 0 Å². The lowest BCUT2D eigenvalue weighted by Gasteiger charge is -2.11. The fourth-order valence-electron chi connectivity index (χ4n) is 2.70.